The minimum absolute atomic E-state index is 0.193. The monoisotopic (exact) mass is 305 g/mol. The maximum atomic E-state index is 10.1. The van der Waals surface area contributed by atoms with Crippen molar-refractivity contribution in [3.8, 4) is 0 Å². The summed E-state index contributed by atoms with van der Waals surface area (Å²) < 4.78 is 0. The zero-order chi connectivity index (χ0) is 14.5. The van der Waals surface area contributed by atoms with Crippen molar-refractivity contribution in [1.29, 1.82) is 0 Å². The van der Waals surface area contributed by atoms with Crippen LogP contribution in [-0.2, 0) is 5.54 Å². The zero-order valence-electron chi connectivity index (χ0n) is 12.8. The molecule has 1 aromatic carbocycles. The number of hydrogen-bond acceptors (Lipinski definition) is 3. The predicted octanol–water partition coefficient (Wildman–Crippen LogP) is 3.69. The van der Waals surface area contributed by atoms with Crippen LogP contribution < -0.4 is 5.32 Å². The molecule has 3 rings (SSSR count). The number of aliphatic hydroxyl groups excluding tert-OH is 1. The highest BCUT2D eigenvalue weighted by molar-refractivity contribution is 7.99. The Bertz CT molecular complexity index is 428. The highest BCUT2D eigenvalue weighted by Crippen LogP contribution is 2.35. The summed E-state index contributed by atoms with van der Waals surface area (Å²) in [6, 6.07) is 11.1. The topological polar surface area (TPSA) is 32.3 Å². The molecule has 1 aromatic rings. The standard InChI is InChI=1S/C18H27NOS/c20-14-18(19-16-10-11-16,15-6-2-1-3-7-15)12-13-21-17-8-4-5-9-17/h1-3,6-7,16-17,19-20H,4-5,8-14H2. The summed E-state index contributed by atoms with van der Waals surface area (Å²) in [7, 11) is 0. The molecule has 2 aliphatic rings. The van der Waals surface area contributed by atoms with E-state index in [9.17, 15) is 5.11 Å². The third-order valence-electron chi connectivity index (χ3n) is 4.84. The lowest BCUT2D eigenvalue weighted by atomic mass is 9.87. The van der Waals surface area contributed by atoms with E-state index >= 15 is 0 Å². The second-order valence-corrected chi connectivity index (χ2v) is 7.96. The lowest BCUT2D eigenvalue weighted by Crippen LogP contribution is -2.47. The molecule has 2 aliphatic carbocycles. The van der Waals surface area contributed by atoms with E-state index in [4.69, 9.17) is 0 Å². The van der Waals surface area contributed by atoms with Crippen molar-refractivity contribution >= 4 is 11.8 Å². The smallest absolute Gasteiger partial charge is 0.0679 e. The molecule has 2 nitrogen and oxygen atoms in total. The normalized spacial score (nSPS) is 22.3. The number of rotatable bonds is 8. The van der Waals surface area contributed by atoms with Crippen LogP contribution in [0.15, 0.2) is 30.3 Å². The van der Waals surface area contributed by atoms with Crippen molar-refractivity contribution < 1.29 is 5.11 Å². The molecular formula is C18H27NOS. The Labute approximate surface area is 132 Å². The van der Waals surface area contributed by atoms with Crippen molar-refractivity contribution in [2.45, 2.75) is 61.8 Å². The lowest BCUT2D eigenvalue weighted by molar-refractivity contribution is 0.154. The Kier molecular flexibility index (Phi) is 5.25. The Morgan fingerprint density at radius 2 is 1.81 bits per heavy atom. The van der Waals surface area contributed by atoms with Crippen molar-refractivity contribution in [3.63, 3.8) is 0 Å². The summed E-state index contributed by atoms with van der Waals surface area (Å²) in [5, 5.41) is 14.7. The maximum absolute atomic E-state index is 10.1. The van der Waals surface area contributed by atoms with E-state index in [1.165, 1.54) is 44.1 Å². The molecule has 2 N–H and O–H groups in total. The number of thioether (sulfide) groups is 1. The van der Waals surface area contributed by atoms with Gasteiger partial charge in [0.15, 0.2) is 0 Å². The summed E-state index contributed by atoms with van der Waals surface area (Å²) in [6.07, 6.45) is 9.11. The van der Waals surface area contributed by atoms with E-state index < -0.39 is 0 Å². The predicted molar refractivity (Wildman–Crippen MR) is 90.7 cm³/mol. The van der Waals surface area contributed by atoms with Gasteiger partial charge >= 0.3 is 0 Å². The van der Waals surface area contributed by atoms with Crippen LogP contribution in [0.4, 0.5) is 0 Å². The van der Waals surface area contributed by atoms with Gasteiger partial charge in [-0.1, -0.05) is 43.2 Å². The second-order valence-electron chi connectivity index (χ2n) is 6.55. The molecule has 1 atom stereocenters. The molecular weight excluding hydrogens is 278 g/mol. The largest absolute Gasteiger partial charge is 0.394 e. The average molecular weight is 305 g/mol. The Morgan fingerprint density at radius 1 is 1.10 bits per heavy atom. The molecule has 116 valence electrons. The van der Waals surface area contributed by atoms with Gasteiger partial charge in [0.05, 0.1) is 12.1 Å². The van der Waals surface area contributed by atoms with Gasteiger partial charge in [-0.2, -0.15) is 11.8 Å². The number of aliphatic hydroxyl groups is 1. The van der Waals surface area contributed by atoms with Gasteiger partial charge in [-0.3, -0.25) is 0 Å². The highest BCUT2D eigenvalue weighted by atomic mass is 32.2. The molecule has 0 aliphatic heterocycles. The molecule has 0 saturated heterocycles. The minimum Gasteiger partial charge on any atom is -0.394 e. The van der Waals surface area contributed by atoms with Crippen LogP contribution in [0.3, 0.4) is 0 Å². The molecule has 2 saturated carbocycles. The number of benzene rings is 1. The minimum atomic E-state index is -0.242. The van der Waals surface area contributed by atoms with Crippen molar-refractivity contribution in [3.05, 3.63) is 35.9 Å². The van der Waals surface area contributed by atoms with Crippen LogP contribution in [0.1, 0.15) is 50.5 Å². The van der Waals surface area contributed by atoms with E-state index in [-0.39, 0.29) is 12.1 Å². The highest BCUT2D eigenvalue weighted by Gasteiger charge is 2.37. The first-order chi connectivity index (χ1) is 10.3. The summed E-state index contributed by atoms with van der Waals surface area (Å²) in [5.74, 6) is 1.14. The molecule has 0 aromatic heterocycles. The molecule has 0 radical (unpaired) electrons. The molecule has 0 spiro atoms. The lowest BCUT2D eigenvalue weighted by Gasteiger charge is -2.34. The molecule has 0 bridgehead atoms. The molecule has 0 heterocycles. The maximum Gasteiger partial charge on any atom is 0.0679 e. The van der Waals surface area contributed by atoms with E-state index in [1.54, 1.807) is 0 Å². The fourth-order valence-corrected chi connectivity index (χ4v) is 4.81. The first-order valence-corrected chi connectivity index (χ1v) is 9.43. The first-order valence-electron chi connectivity index (χ1n) is 8.38. The van der Waals surface area contributed by atoms with Gasteiger partial charge in [0, 0.05) is 11.3 Å². The fraction of sp³-hybridized carbons (Fsp3) is 0.667. The van der Waals surface area contributed by atoms with E-state index in [0.717, 1.165) is 17.4 Å². The van der Waals surface area contributed by atoms with Gasteiger partial charge in [0.25, 0.3) is 0 Å². The molecule has 3 heteroatoms. The van der Waals surface area contributed by atoms with Crippen LogP contribution >= 0.6 is 11.8 Å². The SMILES string of the molecule is OCC(CCSC1CCCC1)(NC1CC1)c1ccccc1. The van der Waals surface area contributed by atoms with Crippen LogP contribution in [0.2, 0.25) is 0 Å². The third-order valence-corrected chi connectivity index (χ3v) is 6.22. The van der Waals surface area contributed by atoms with Gasteiger partial charge in [-0.15, -0.1) is 0 Å². The van der Waals surface area contributed by atoms with Crippen molar-refractivity contribution in [1.82, 2.24) is 5.32 Å². The Hall–Kier alpha value is -0.510. The van der Waals surface area contributed by atoms with Crippen molar-refractivity contribution in [2.24, 2.45) is 0 Å². The summed E-state index contributed by atoms with van der Waals surface area (Å²) in [6.45, 7) is 0.193. The zero-order valence-corrected chi connectivity index (χ0v) is 13.6. The fourth-order valence-electron chi connectivity index (χ4n) is 3.35. The number of hydrogen-bond donors (Lipinski definition) is 2. The van der Waals surface area contributed by atoms with Crippen molar-refractivity contribution in [2.75, 3.05) is 12.4 Å². The molecule has 21 heavy (non-hydrogen) atoms. The Balaban J connectivity index is 1.65. The van der Waals surface area contributed by atoms with Gasteiger partial charge in [-0.05, 0) is 43.4 Å². The van der Waals surface area contributed by atoms with Crippen LogP contribution in [0, 0.1) is 0 Å². The molecule has 0 amide bonds. The van der Waals surface area contributed by atoms with Crippen LogP contribution in [0.5, 0.6) is 0 Å². The quantitative estimate of drug-likeness (QED) is 0.768. The first kappa shape index (κ1) is 15.4. The van der Waals surface area contributed by atoms with Gasteiger partial charge in [0.2, 0.25) is 0 Å². The van der Waals surface area contributed by atoms with E-state index in [1.807, 2.05) is 0 Å². The third kappa shape index (κ3) is 4.02. The number of nitrogens with one attached hydrogen (secondary N) is 1. The molecule has 2 fully saturated rings. The summed E-state index contributed by atoms with van der Waals surface area (Å²) >= 11 is 2.12. The summed E-state index contributed by atoms with van der Waals surface area (Å²) in [5.41, 5.74) is 1.00. The van der Waals surface area contributed by atoms with Crippen LogP contribution in [-0.4, -0.2) is 28.8 Å². The second kappa shape index (κ2) is 7.17. The van der Waals surface area contributed by atoms with Gasteiger partial charge in [0.1, 0.15) is 0 Å². The average Bonchev–Trinajstić information content (AvgIpc) is 3.19. The Morgan fingerprint density at radius 3 is 2.43 bits per heavy atom. The molecule has 1 unspecified atom stereocenters. The van der Waals surface area contributed by atoms with E-state index in [2.05, 4.69) is 47.4 Å². The van der Waals surface area contributed by atoms with Gasteiger partial charge in [-0.25, -0.2) is 0 Å². The van der Waals surface area contributed by atoms with Gasteiger partial charge < -0.3 is 10.4 Å². The summed E-state index contributed by atoms with van der Waals surface area (Å²) in [4.78, 5) is 0. The van der Waals surface area contributed by atoms with Crippen LogP contribution in [0.25, 0.3) is 0 Å². The van der Waals surface area contributed by atoms with E-state index in [0.29, 0.717) is 6.04 Å².